The van der Waals surface area contributed by atoms with E-state index in [0.717, 1.165) is 12.0 Å². The molecule has 0 aromatic rings. The second-order valence-electron chi connectivity index (χ2n) is 7.76. The lowest BCUT2D eigenvalue weighted by Crippen LogP contribution is -2.49. The predicted octanol–water partition coefficient (Wildman–Crippen LogP) is 3.79. The molecule has 0 radical (unpaired) electrons. The van der Waals surface area contributed by atoms with Crippen LogP contribution in [0.4, 0.5) is 0 Å². The summed E-state index contributed by atoms with van der Waals surface area (Å²) >= 11 is 0. The van der Waals surface area contributed by atoms with Crippen LogP contribution in [0.3, 0.4) is 0 Å². The van der Waals surface area contributed by atoms with E-state index in [1.165, 1.54) is 64.5 Å². The smallest absolute Gasteiger partial charge is 0.00952 e. The first kappa shape index (κ1) is 15.3. The number of hydrogen-bond donors (Lipinski definition) is 1. The van der Waals surface area contributed by atoms with Gasteiger partial charge in [-0.1, -0.05) is 33.6 Å². The fourth-order valence-corrected chi connectivity index (χ4v) is 4.22. The third kappa shape index (κ3) is 4.19. The minimum Gasteiger partial charge on any atom is -0.327 e. The molecule has 1 saturated carbocycles. The number of nitrogens with two attached hydrogens (primary N) is 1. The highest BCUT2D eigenvalue weighted by Gasteiger charge is 2.35. The van der Waals surface area contributed by atoms with Crippen LogP contribution in [0.25, 0.3) is 0 Å². The van der Waals surface area contributed by atoms with Crippen LogP contribution in [0.1, 0.15) is 72.1 Å². The summed E-state index contributed by atoms with van der Waals surface area (Å²) in [5.41, 5.74) is 6.92. The lowest BCUT2D eigenvalue weighted by atomic mass is 9.70. The monoisotopic (exact) mass is 266 g/mol. The Kier molecular flexibility index (Phi) is 5.30. The van der Waals surface area contributed by atoms with Gasteiger partial charge in [-0.05, 0) is 56.4 Å². The zero-order valence-electron chi connectivity index (χ0n) is 13.3. The fourth-order valence-electron chi connectivity index (χ4n) is 4.22. The highest BCUT2D eigenvalue weighted by molar-refractivity contribution is 4.90. The lowest BCUT2D eigenvalue weighted by Gasteiger charge is -2.44. The van der Waals surface area contributed by atoms with Crippen molar-refractivity contribution >= 4 is 0 Å². The van der Waals surface area contributed by atoms with Gasteiger partial charge in [0, 0.05) is 18.6 Å². The third-order valence-electron chi connectivity index (χ3n) is 5.41. The summed E-state index contributed by atoms with van der Waals surface area (Å²) in [6.07, 6.45) is 10.8. The summed E-state index contributed by atoms with van der Waals surface area (Å²) in [7, 11) is 0. The average molecular weight is 266 g/mol. The van der Waals surface area contributed by atoms with Gasteiger partial charge in [0.15, 0.2) is 0 Å². The zero-order valence-corrected chi connectivity index (χ0v) is 13.3. The summed E-state index contributed by atoms with van der Waals surface area (Å²) in [6.45, 7) is 9.74. The van der Waals surface area contributed by atoms with Gasteiger partial charge in [-0.15, -0.1) is 0 Å². The summed E-state index contributed by atoms with van der Waals surface area (Å²) in [4.78, 5) is 2.78. The second-order valence-corrected chi connectivity index (χ2v) is 7.76. The minimum absolute atomic E-state index is 0.442. The summed E-state index contributed by atoms with van der Waals surface area (Å²) in [5.74, 6) is 0.723. The first-order valence-corrected chi connectivity index (χ1v) is 8.51. The Morgan fingerprint density at radius 3 is 2.74 bits per heavy atom. The van der Waals surface area contributed by atoms with Crippen LogP contribution in [0, 0.1) is 11.3 Å². The van der Waals surface area contributed by atoms with Crippen LogP contribution in [-0.4, -0.2) is 30.1 Å². The van der Waals surface area contributed by atoms with Gasteiger partial charge in [0.2, 0.25) is 0 Å². The highest BCUT2D eigenvalue weighted by atomic mass is 15.2. The van der Waals surface area contributed by atoms with Crippen LogP contribution in [0.15, 0.2) is 0 Å². The Morgan fingerprint density at radius 1 is 1.21 bits per heavy atom. The van der Waals surface area contributed by atoms with E-state index in [0.29, 0.717) is 11.5 Å². The van der Waals surface area contributed by atoms with Crippen LogP contribution in [0.2, 0.25) is 0 Å². The fraction of sp³-hybridized carbons (Fsp3) is 1.00. The van der Waals surface area contributed by atoms with Crippen molar-refractivity contribution in [2.75, 3.05) is 13.1 Å². The van der Waals surface area contributed by atoms with Crippen LogP contribution >= 0.6 is 0 Å². The van der Waals surface area contributed by atoms with Crippen molar-refractivity contribution in [2.45, 2.75) is 84.2 Å². The van der Waals surface area contributed by atoms with E-state index in [9.17, 15) is 0 Å². The molecule has 112 valence electrons. The second kappa shape index (κ2) is 6.58. The zero-order chi connectivity index (χ0) is 13.9. The van der Waals surface area contributed by atoms with Gasteiger partial charge in [-0.25, -0.2) is 0 Å². The maximum absolute atomic E-state index is 6.41. The average Bonchev–Trinajstić information content (AvgIpc) is 2.36. The number of hydrogen-bond acceptors (Lipinski definition) is 2. The van der Waals surface area contributed by atoms with Gasteiger partial charge >= 0.3 is 0 Å². The Morgan fingerprint density at radius 2 is 2.00 bits per heavy atom. The largest absolute Gasteiger partial charge is 0.327 e. The topological polar surface area (TPSA) is 29.3 Å². The minimum atomic E-state index is 0.442. The molecule has 2 rings (SSSR count). The molecule has 3 unspecified atom stereocenters. The maximum Gasteiger partial charge on any atom is 0.00952 e. The molecule has 2 N–H and O–H groups in total. The number of nitrogens with zero attached hydrogens (tertiary/aromatic N) is 1. The van der Waals surface area contributed by atoms with E-state index in [-0.39, 0.29) is 0 Å². The van der Waals surface area contributed by atoms with E-state index >= 15 is 0 Å². The van der Waals surface area contributed by atoms with Crippen LogP contribution in [-0.2, 0) is 0 Å². The SMILES string of the molecule is CCCC1CCCCN1CC1CC(C)(C)CCC1N. The first-order chi connectivity index (χ1) is 9.02. The predicted molar refractivity (Wildman–Crippen MR) is 83.2 cm³/mol. The molecule has 2 nitrogen and oxygen atoms in total. The third-order valence-corrected chi connectivity index (χ3v) is 5.41. The van der Waals surface area contributed by atoms with E-state index in [1.54, 1.807) is 0 Å². The number of rotatable bonds is 4. The van der Waals surface area contributed by atoms with Crippen molar-refractivity contribution in [1.29, 1.82) is 0 Å². The van der Waals surface area contributed by atoms with Gasteiger partial charge in [0.1, 0.15) is 0 Å². The summed E-state index contributed by atoms with van der Waals surface area (Å²) < 4.78 is 0. The molecule has 1 saturated heterocycles. The highest BCUT2D eigenvalue weighted by Crippen LogP contribution is 2.39. The van der Waals surface area contributed by atoms with Gasteiger partial charge in [0.05, 0.1) is 0 Å². The van der Waals surface area contributed by atoms with E-state index in [4.69, 9.17) is 5.73 Å². The molecule has 0 aromatic heterocycles. The van der Waals surface area contributed by atoms with Gasteiger partial charge in [-0.3, -0.25) is 0 Å². The van der Waals surface area contributed by atoms with E-state index < -0.39 is 0 Å². The molecular weight excluding hydrogens is 232 g/mol. The summed E-state index contributed by atoms with van der Waals surface area (Å²) in [5, 5.41) is 0. The molecular formula is C17H34N2. The number of piperidine rings is 1. The Balaban J connectivity index is 1.93. The van der Waals surface area contributed by atoms with Gasteiger partial charge in [0.25, 0.3) is 0 Å². The van der Waals surface area contributed by atoms with E-state index in [2.05, 4.69) is 25.7 Å². The van der Waals surface area contributed by atoms with Crippen molar-refractivity contribution in [2.24, 2.45) is 17.1 Å². The standard InChI is InChI=1S/C17H34N2/c1-4-7-15-8-5-6-11-19(15)13-14-12-17(2,3)10-9-16(14)18/h14-16H,4-13,18H2,1-3H3. The molecule has 0 spiro atoms. The van der Waals surface area contributed by atoms with Crippen molar-refractivity contribution in [1.82, 2.24) is 4.90 Å². The van der Waals surface area contributed by atoms with Crippen LogP contribution < -0.4 is 5.73 Å². The molecule has 19 heavy (non-hydrogen) atoms. The number of likely N-dealkylation sites (tertiary alicyclic amines) is 1. The van der Waals surface area contributed by atoms with Crippen molar-refractivity contribution in [3.63, 3.8) is 0 Å². The van der Waals surface area contributed by atoms with Crippen molar-refractivity contribution in [3.05, 3.63) is 0 Å². The van der Waals surface area contributed by atoms with Gasteiger partial charge < -0.3 is 10.6 Å². The molecule has 1 aliphatic heterocycles. The van der Waals surface area contributed by atoms with Crippen molar-refractivity contribution in [3.8, 4) is 0 Å². The molecule has 2 fully saturated rings. The first-order valence-electron chi connectivity index (χ1n) is 8.51. The Bertz CT molecular complexity index is 272. The molecule has 3 atom stereocenters. The van der Waals surface area contributed by atoms with Gasteiger partial charge in [-0.2, -0.15) is 0 Å². The Hall–Kier alpha value is -0.0800. The molecule has 0 aromatic carbocycles. The van der Waals surface area contributed by atoms with E-state index in [1.807, 2.05) is 0 Å². The molecule has 0 bridgehead atoms. The maximum atomic E-state index is 6.41. The van der Waals surface area contributed by atoms with Crippen molar-refractivity contribution < 1.29 is 0 Å². The molecule has 1 aliphatic carbocycles. The summed E-state index contributed by atoms with van der Waals surface area (Å²) in [6, 6.07) is 1.29. The normalized spacial score (nSPS) is 36.3. The molecule has 0 amide bonds. The van der Waals surface area contributed by atoms with Crippen LogP contribution in [0.5, 0.6) is 0 Å². The quantitative estimate of drug-likeness (QED) is 0.838. The Labute approximate surface area is 120 Å². The molecule has 2 heteroatoms. The molecule has 2 aliphatic rings. The molecule has 1 heterocycles. The lowest BCUT2D eigenvalue weighted by molar-refractivity contribution is 0.0710.